The second-order valence-corrected chi connectivity index (χ2v) is 5.42. The predicted octanol–water partition coefficient (Wildman–Crippen LogP) is 1.96. The molecule has 2 N–H and O–H groups in total. The third kappa shape index (κ3) is 3.02. The highest BCUT2D eigenvalue weighted by atomic mass is 16.2. The number of H-pyrrole nitrogens is 1. The summed E-state index contributed by atoms with van der Waals surface area (Å²) in [6.07, 6.45) is 3.92. The number of amides is 1. The average molecular weight is 283 g/mol. The van der Waals surface area contributed by atoms with E-state index in [0.717, 1.165) is 24.1 Å². The third-order valence-electron chi connectivity index (χ3n) is 3.74. The molecule has 1 atom stereocenters. The Hall–Kier alpha value is -2.43. The van der Waals surface area contributed by atoms with E-state index in [1.54, 1.807) is 18.3 Å². The largest absolute Gasteiger partial charge is 0.342 e. The maximum Gasteiger partial charge on any atom is 0.268 e. The number of rotatable bonds is 4. The minimum Gasteiger partial charge on any atom is -0.342 e. The quantitative estimate of drug-likeness (QED) is 0.900. The molecule has 0 radical (unpaired) electrons. The van der Waals surface area contributed by atoms with Gasteiger partial charge in [0.25, 0.3) is 5.91 Å². The number of nitrogens with zero attached hydrogens (tertiary/aromatic N) is 1. The van der Waals surface area contributed by atoms with Crippen LogP contribution in [0.1, 0.15) is 40.6 Å². The van der Waals surface area contributed by atoms with Crippen molar-refractivity contribution >= 4 is 5.91 Å². The van der Waals surface area contributed by atoms with E-state index in [2.05, 4.69) is 15.3 Å². The van der Waals surface area contributed by atoms with Gasteiger partial charge in [-0.25, -0.2) is 0 Å². The van der Waals surface area contributed by atoms with Gasteiger partial charge in [-0.05, 0) is 43.4 Å². The molecule has 0 aliphatic heterocycles. The van der Waals surface area contributed by atoms with Crippen LogP contribution in [-0.2, 0) is 0 Å². The summed E-state index contributed by atoms with van der Waals surface area (Å²) in [5.41, 5.74) is 1.98. The van der Waals surface area contributed by atoms with Crippen LogP contribution in [0.4, 0.5) is 0 Å². The van der Waals surface area contributed by atoms with Crippen molar-refractivity contribution in [3.63, 3.8) is 0 Å². The molecule has 21 heavy (non-hydrogen) atoms. The van der Waals surface area contributed by atoms with Gasteiger partial charge in [0.2, 0.25) is 5.56 Å². The summed E-state index contributed by atoms with van der Waals surface area (Å²) in [6.45, 7) is 1.99. The number of carbonyl (C=O) groups excluding carboxylic acids is 1. The minimum atomic E-state index is -0.278. The Morgan fingerprint density at radius 3 is 2.81 bits per heavy atom. The van der Waals surface area contributed by atoms with Gasteiger partial charge in [0, 0.05) is 12.3 Å². The minimum absolute atomic E-state index is 0.0950. The summed E-state index contributed by atoms with van der Waals surface area (Å²) in [7, 11) is 0. The molecule has 2 aromatic rings. The molecule has 1 fully saturated rings. The number of aromatic nitrogens is 2. The normalized spacial score (nSPS) is 15.5. The molecule has 1 aliphatic carbocycles. The zero-order chi connectivity index (χ0) is 14.8. The van der Waals surface area contributed by atoms with Gasteiger partial charge in [-0.1, -0.05) is 12.1 Å². The number of carbonyl (C=O) groups is 1. The number of pyridine rings is 2. The van der Waals surface area contributed by atoms with Crippen molar-refractivity contribution in [1.29, 1.82) is 0 Å². The van der Waals surface area contributed by atoms with Crippen molar-refractivity contribution in [2.45, 2.75) is 25.8 Å². The maximum absolute atomic E-state index is 12.3. The Morgan fingerprint density at radius 2 is 2.14 bits per heavy atom. The molecule has 1 aliphatic rings. The number of hydrogen-bond donors (Lipinski definition) is 2. The first kappa shape index (κ1) is 13.5. The lowest BCUT2D eigenvalue weighted by molar-refractivity contribution is 0.0925. The smallest absolute Gasteiger partial charge is 0.268 e. The summed E-state index contributed by atoms with van der Waals surface area (Å²) in [5.74, 6) is 0.160. The molecule has 2 heterocycles. The van der Waals surface area contributed by atoms with Gasteiger partial charge in [-0.2, -0.15) is 0 Å². The first-order valence-corrected chi connectivity index (χ1v) is 7.07. The van der Waals surface area contributed by atoms with Crippen molar-refractivity contribution in [2.75, 3.05) is 0 Å². The molecule has 0 bridgehead atoms. The molecule has 1 unspecified atom stereocenters. The van der Waals surface area contributed by atoms with Gasteiger partial charge >= 0.3 is 0 Å². The summed E-state index contributed by atoms with van der Waals surface area (Å²) in [5, 5.41) is 3.01. The summed E-state index contributed by atoms with van der Waals surface area (Å²) in [6, 6.07) is 8.35. The second kappa shape index (κ2) is 5.52. The molecule has 0 saturated heterocycles. The average Bonchev–Trinajstić information content (AvgIpc) is 3.30. The van der Waals surface area contributed by atoms with Gasteiger partial charge < -0.3 is 10.3 Å². The molecule has 5 heteroatoms. The van der Waals surface area contributed by atoms with E-state index in [9.17, 15) is 9.59 Å². The number of hydrogen-bond acceptors (Lipinski definition) is 3. The SMILES string of the molecule is Cc1cccnc1C(NC(=O)c1cccc(=O)[nH]1)C1CC1. The van der Waals surface area contributed by atoms with Crippen LogP contribution in [0.5, 0.6) is 0 Å². The molecule has 1 saturated carbocycles. The van der Waals surface area contributed by atoms with Crippen LogP contribution in [0.15, 0.2) is 41.3 Å². The summed E-state index contributed by atoms with van der Waals surface area (Å²) < 4.78 is 0. The van der Waals surface area contributed by atoms with Gasteiger partial charge in [0.05, 0.1) is 11.7 Å². The van der Waals surface area contributed by atoms with Crippen LogP contribution in [0.25, 0.3) is 0 Å². The van der Waals surface area contributed by atoms with Crippen LogP contribution >= 0.6 is 0 Å². The van der Waals surface area contributed by atoms with Gasteiger partial charge in [-0.3, -0.25) is 14.6 Å². The fourth-order valence-corrected chi connectivity index (χ4v) is 2.46. The van der Waals surface area contributed by atoms with E-state index in [1.807, 2.05) is 19.1 Å². The zero-order valence-electron chi connectivity index (χ0n) is 11.8. The highest BCUT2D eigenvalue weighted by Gasteiger charge is 2.35. The van der Waals surface area contributed by atoms with Crippen molar-refractivity contribution < 1.29 is 4.79 Å². The van der Waals surface area contributed by atoms with E-state index in [1.165, 1.54) is 6.07 Å². The van der Waals surface area contributed by atoms with Crippen molar-refractivity contribution in [3.8, 4) is 0 Å². The maximum atomic E-state index is 12.3. The molecule has 2 aromatic heterocycles. The Kier molecular flexibility index (Phi) is 3.56. The van der Waals surface area contributed by atoms with Crippen LogP contribution in [-0.4, -0.2) is 15.9 Å². The van der Waals surface area contributed by atoms with E-state index in [0.29, 0.717) is 5.92 Å². The van der Waals surface area contributed by atoms with Gasteiger partial charge in [0.1, 0.15) is 5.69 Å². The molecule has 108 valence electrons. The Labute approximate surface area is 122 Å². The Bertz CT molecular complexity index is 719. The summed E-state index contributed by atoms with van der Waals surface area (Å²) in [4.78, 5) is 30.6. The molecule has 5 nitrogen and oxygen atoms in total. The van der Waals surface area contributed by atoms with Crippen molar-refractivity contribution in [3.05, 3.63) is 63.8 Å². The van der Waals surface area contributed by atoms with Crippen LogP contribution in [0.2, 0.25) is 0 Å². The van der Waals surface area contributed by atoms with Crippen molar-refractivity contribution in [2.24, 2.45) is 5.92 Å². The van der Waals surface area contributed by atoms with Crippen LogP contribution < -0.4 is 10.9 Å². The van der Waals surface area contributed by atoms with Crippen molar-refractivity contribution in [1.82, 2.24) is 15.3 Å². The second-order valence-electron chi connectivity index (χ2n) is 5.42. The number of aromatic amines is 1. The van der Waals surface area contributed by atoms with E-state index < -0.39 is 0 Å². The van der Waals surface area contributed by atoms with Crippen LogP contribution in [0.3, 0.4) is 0 Å². The Morgan fingerprint density at radius 1 is 1.33 bits per heavy atom. The lowest BCUT2D eigenvalue weighted by Gasteiger charge is -2.19. The lowest BCUT2D eigenvalue weighted by Crippen LogP contribution is -2.32. The molecule has 1 amide bonds. The van der Waals surface area contributed by atoms with Gasteiger partial charge in [-0.15, -0.1) is 0 Å². The summed E-state index contributed by atoms with van der Waals surface area (Å²) >= 11 is 0. The zero-order valence-corrected chi connectivity index (χ0v) is 11.8. The number of aryl methyl sites for hydroxylation is 1. The molecule has 0 aromatic carbocycles. The third-order valence-corrected chi connectivity index (χ3v) is 3.74. The molecular formula is C16H17N3O2. The molecule has 0 spiro atoms. The topological polar surface area (TPSA) is 74.8 Å². The first-order valence-electron chi connectivity index (χ1n) is 7.07. The highest BCUT2D eigenvalue weighted by molar-refractivity contribution is 5.92. The lowest BCUT2D eigenvalue weighted by atomic mass is 10.0. The monoisotopic (exact) mass is 283 g/mol. The Balaban J connectivity index is 1.85. The fourth-order valence-electron chi connectivity index (χ4n) is 2.46. The first-order chi connectivity index (χ1) is 10.1. The van der Waals surface area contributed by atoms with E-state index >= 15 is 0 Å². The predicted molar refractivity (Wildman–Crippen MR) is 79.0 cm³/mol. The van der Waals surface area contributed by atoms with E-state index in [-0.39, 0.29) is 23.2 Å². The highest BCUT2D eigenvalue weighted by Crippen LogP contribution is 2.41. The van der Waals surface area contributed by atoms with Gasteiger partial charge in [0.15, 0.2) is 0 Å². The number of nitrogens with one attached hydrogen (secondary N) is 2. The molecular weight excluding hydrogens is 266 g/mol. The molecule has 3 rings (SSSR count). The standard InChI is InChI=1S/C16H17N3O2/c1-10-4-3-9-17-14(10)15(11-7-8-11)19-16(21)12-5-2-6-13(20)18-12/h2-6,9,11,15H,7-8H2,1H3,(H,18,20)(H,19,21). The fraction of sp³-hybridized carbons (Fsp3) is 0.312. The van der Waals surface area contributed by atoms with E-state index in [4.69, 9.17) is 0 Å². The van der Waals surface area contributed by atoms with Crippen LogP contribution in [0, 0.1) is 12.8 Å².